The summed E-state index contributed by atoms with van der Waals surface area (Å²) in [7, 11) is 0. The fraction of sp³-hybridized carbons (Fsp3) is 0.455. The molecule has 0 bridgehead atoms. The van der Waals surface area contributed by atoms with Crippen molar-refractivity contribution in [3.05, 3.63) is 29.3 Å². The largest absolute Gasteiger partial charge is 0.399 e. The van der Waals surface area contributed by atoms with Gasteiger partial charge < -0.3 is 15.9 Å². The third-order valence-corrected chi connectivity index (χ3v) is 2.78. The molecule has 0 aromatic heterocycles. The van der Waals surface area contributed by atoms with Crippen LogP contribution in [0.15, 0.2) is 18.2 Å². The summed E-state index contributed by atoms with van der Waals surface area (Å²) in [5.41, 5.74) is 7.86. The maximum atomic E-state index is 9.89. The Labute approximate surface area is 95.3 Å². The highest BCUT2D eigenvalue weighted by molar-refractivity contribution is 7.80. The first-order chi connectivity index (χ1) is 7.07. The zero-order chi connectivity index (χ0) is 11.4. The zero-order valence-corrected chi connectivity index (χ0v) is 9.61. The third-order valence-electron chi connectivity index (χ3n) is 2.53. The molecule has 4 heteroatoms. The van der Waals surface area contributed by atoms with E-state index in [4.69, 9.17) is 5.73 Å². The van der Waals surface area contributed by atoms with Crippen molar-refractivity contribution in [3.8, 4) is 0 Å². The summed E-state index contributed by atoms with van der Waals surface area (Å²) in [4.78, 5) is 0. The lowest BCUT2D eigenvalue weighted by Crippen LogP contribution is -2.19. The molecule has 0 saturated heterocycles. The molecule has 84 valence electrons. The second-order valence-corrected chi connectivity index (χ2v) is 4.03. The van der Waals surface area contributed by atoms with Gasteiger partial charge in [0.05, 0.1) is 6.10 Å². The quantitative estimate of drug-likeness (QED) is 0.463. The maximum absolute atomic E-state index is 9.89. The third kappa shape index (κ3) is 2.87. The summed E-state index contributed by atoms with van der Waals surface area (Å²) in [5.74, 6) is 0.541. The summed E-state index contributed by atoms with van der Waals surface area (Å²) in [5, 5.41) is 19.5. The van der Waals surface area contributed by atoms with Crippen LogP contribution in [-0.2, 0) is 0 Å². The Kier molecular flexibility index (Phi) is 4.45. The van der Waals surface area contributed by atoms with Gasteiger partial charge in [0.1, 0.15) is 6.10 Å². The van der Waals surface area contributed by atoms with Crippen molar-refractivity contribution in [2.45, 2.75) is 25.6 Å². The van der Waals surface area contributed by atoms with Gasteiger partial charge in [0.25, 0.3) is 0 Å². The molecule has 2 atom stereocenters. The predicted octanol–water partition coefficient (Wildman–Crippen LogP) is 1.29. The number of thiol groups is 1. The van der Waals surface area contributed by atoms with Crippen LogP contribution in [0.1, 0.15) is 23.7 Å². The molecular weight excluding hydrogens is 210 g/mol. The molecule has 0 aliphatic heterocycles. The Bertz CT molecular complexity index is 330. The van der Waals surface area contributed by atoms with Crippen molar-refractivity contribution >= 4 is 18.3 Å². The molecule has 2 unspecified atom stereocenters. The first-order valence-corrected chi connectivity index (χ1v) is 5.53. The monoisotopic (exact) mass is 227 g/mol. The summed E-state index contributed by atoms with van der Waals surface area (Å²) < 4.78 is 0. The van der Waals surface area contributed by atoms with E-state index in [0.29, 0.717) is 23.4 Å². The Balaban J connectivity index is 2.90. The first kappa shape index (κ1) is 12.4. The van der Waals surface area contributed by atoms with Gasteiger partial charge >= 0.3 is 0 Å². The molecule has 0 amide bonds. The second-order valence-electron chi connectivity index (χ2n) is 3.59. The number of benzene rings is 1. The fourth-order valence-electron chi connectivity index (χ4n) is 1.49. The Hall–Kier alpha value is -0.710. The van der Waals surface area contributed by atoms with Crippen LogP contribution in [0.5, 0.6) is 0 Å². The molecule has 1 aromatic carbocycles. The van der Waals surface area contributed by atoms with Crippen molar-refractivity contribution in [2.24, 2.45) is 0 Å². The molecule has 0 spiro atoms. The molecule has 15 heavy (non-hydrogen) atoms. The van der Waals surface area contributed by atoms with E-state index in [1.54, 1.807) is 18.2 Å². The number of aliphatic hydroxyl groups excluding tert-OH is 2. The lowest BCUT2D eigenvalue weighted by molar-refractivity contribution is 0.0169. The normalized spacial score (nSPS) is 14.9. The van der Waals surface area contributed by atoms with Crippen LogP contribution in [0.25, 0.3) is 0 Å². The predicted molar refractivity (Wildman–Crippen MR) is 65.0 cm³/mol. The van der Waals surface area contributed by atoms with E-state index in [9.17, 15) is 10.2 Å². The van der Waals surface area contributed by atoms with Gasteiger partial charge in [-0.3, -0.25) is 0 Å². The van der Waals surface area contributed by atoms with E-state index in [2.05, 4.69) is 12.6 Å². The van der Waals surface area contributed by atoms with Gasteiger partial charge in [-0.05, 0) is 36.3 Å². The van der Waals surface area contributed by atoms with Crippen LogP contribution in [0.4, 0.5) is 5.69 Å². The van der Waals surface area contributed by atoms with Gasteiger partial charge in [-0.1, -0.05) is 12.1 Å². The maximum Gasteiger partial charge on any atom is 0.105 e. The van der Waals surface area contributed by atoms with Gasteiger partial charge in [-0.15, -0.1) is 0 Å². The number of aliphatic hydroxyl groups is 2. The second kappa shape index (κ2) is 5.39. The Morgan fingerprint density at radius 1 is 1.40 bits per heavy atom. The van der Waals surface area contributed by atoms with Crippen LogP contribution in [0, 0.1) is 6.92 Å². The number of hydrogen-bond acceptors (Lipinski definition) is 4. The zero-order valence-electron chi connectivity index (χ0n) is 8.72. The molecule has 1 aromatic rings. The van der Waals surface area contributed by atoms with Crippen LogP contribution in [-0.4, -0.2) is 22.1 Å². The Morgan fingerprint density at radius 2 is 2.07 bits per heavy atom. The molecule has 4 N–H and O–H groups in total. The highest BCUT2D eigenvalue weighted by atomic mass is 32.1. The molecule has 0 fully saturated rings. The molecule has 0 heterocycles. The summed E-state index contributed by atoms with van der Waals surface area (Å²) >= 11 is 4.02. The van der Waals surface area contributed by atoms with Gasteiger partial charge in [-0.25, -0.2) is 0 Å². The van der Waals surface area contributed by atoms with Crippen molar-refractivity contribution in [1.29, 1.82) is 0 Å². The van der Waals surface area contributed by atoms with E-state index >= 15 is 0 Å². The molecule has 0 radical (unpaired) electrons. The van der Waals surface area contributed by atoms with Crippen molar-refractivity contribution in [2.75, 3.05) is 11.5 Å². The summed E-state index contributed by atoms with van der Waals surface area (Å²) in [6, 6.07) is 5.32. The van der Waals surface area contributed by atoms with Crippen LogP contribution in [0.2, 0.25) is 0 Å². The SMILES string of the molecule is Cc1c(N)cccc1C(O)C(O)CCS. The summed E-state index contributed by atoms with van der Waals surface area (Å²) in [6.07, 6.45) is -1.22. The highest BCUT2D eigenvalue weighted by Crippen LogP contribution is 2.25. The van der Waals surface area contributed by atoms with Gasteiger partial charge in [-0.2, -0.15) is 12.6 Å². The minimum Gasteiger partial charge on any atom is -0.399 e. The van der Waals surface area contributed by atoms with Crippen LogP contribution < -0.4 is 5.73 Å². The number of rotatable bonds is 4. The Morgan fingerprint density at radius 3 is 2.67 bits per heavy atom. The fourth-order valence-corrected chi connectivity index (χ4v) is 1.75. The molecule has 0 aliphatic carbocycles. The van der Waals surface area contributed by atoms with Crippen molar-refractivity contribution in [3.63, 3.8) is 0 Å². The molecule has 3 nitrogen and oxygen atoms in total. The first-order valence-electron chi connectivity index (χ1n) is 4.90. The van der Waals surface area contributed by atoms with Gasteiger partial charge in [0.15, 0.2) is 0 Å². The van der Waals surface area contributed by atoms with Crippen LogP contribution >= 0.6 is 12.6 Å². The average Bonchev–Trinajstić information content (AvgIpc) is 2.21. The number of anilines is 1. The standard InChI is InChI=1S/C11H17NO2S/c1-7-8(3-2-4-9(7)12)11(14)10(13)5-6-15/h2-4,10-11,13-15H,5-6,12H2,1H3. The molecular formula is C11H17NO2S. The minimum absolute atomic E-state index is 0.457. The van der Waals surface area contributed by atoms with Crippen molar-refractivity contribution < 1.29 is 10.2 Å². The average molecular weight is 227 g/mol. The molecule has 1 rings (SSSR count). The van der Waals surface area contributed by atoms with Crippen molar-refractivity contribution in [1.82, 2.24) is 0 Å². The van der Waals surface area contributed by atoms with Crippen LogP contribution in [0.3, 0.4) is 0 Å². The minimum atomic E-state index is -0.888. The van der Waals surface area contributed by atoms with E-state index < -0.39 is 12.2 Å². The van der Waals surface area contributed by atoms with Gasteiger partial charge in [0.2, 0.25) is 0 Å². The number of nitrogens with two attached hydrogens (primary N) is 1. The highest BCUT2D eigenvalue weighted by Gasteiger charge is 2.19. The van der Waals surface area contributed by atoms with E-state index in [-0.39, 0.29) is 0 Å². The lowest BCUT2D eigenvalue weighted by Gasteiger charge is -2.19. The lowest BCUT2D eigenvalue weighted by atomic mass is 9.97. The van der Waals surface area contributed by atoms with Gasteiger partial charge in [0, 0.05) is 5.69 Å². The number of nitrogen functional groups attached to an aromatic ring is 1. The van der Waals surface area contributed by atoms with E-state index in [1.165, 1.54) is 0 Å². The topological polar surface area (TPSA) is 66.5 Å². The van der Waals surface area contributed by atoms with E-state index in [0.717, 1.165) is 5.56 Å². The molecule has 0 aliphatic rings. The smallest absolute Gasteiger partial charge is 0.105 e. The van der Waals surface area contributed by atoms with E-state index in [1.807, 2.05) is 6.92 Å². The molecule has 0 saturated carbocycles. The number of hydrogen-bond donors (Lipinski definition) is 4. The summed E-state index contributed by atoms with van der Waals surface area (Å²) in [6.45, 7) is 1.83.